The summed E-state index contributed by atoms with van der Waals surface area (Å²) in [5.74, 6) is 0. The van der Waals surface area contributed by atoms with Crippen LogP contribution in [0.1, 0.15) is 0 Å². The number of benzene rings is 1. The third kappa shape index (κ3) is 2.16. The highest BCUT2D eigenvalue weighted by Crippen LogP contribution is 2.22. The molecular formula is C12H16N2O3S. The lowest BCUT2D eigenvalue weighted by molar-refractivity contribution is -0.0824. The molecule has 2 fully saturated rings. The first-order chi connectivity index (χ1) is 8.66. The van der Waals surface area contributed by atoms with Crippen molar-refractivity contribution < 1.29 is 13.2 Å². The Morgan fingerprint density at radius 3 is 2.33 bits per heavy atom. The molecule has 0 radical (unpaired) electrons. The van der Waals surface area contributed by atoms with Crippen LogP contribution < -0.4 is 5.32 Å². The maximum absolute atomic E-state index is 12.5. The molecule has 0 saturated carbocycles. The number of sulfonamides is 1. The van der Waals surface area contributed by atoms with Gasteiger partial charge < -0.3 is 10.1 Å². The molecule has 1 aromatic rings. The standard InChI is InChI=1S/C12H16N2O3S/c15-18(16,12-4-2-1-3-5-12)14-8-10-6-13-7-11(9-14)17-10/h1-5,10-11,13H,6-9H2. The topological polar surface area (TPSA) is 58.6 Å². The lowest BCUT2D eigenvalue weighted by Gasteiger charge is -2.41. The summed E-state index contributed by atoms with van der Waals surface area (Å²) in [5, 5.41) is 3.25. The minimum atomic E-state index is -3.38. The van der Waals surface area contributed by atoms with Gasteiger partial charge in [0.1, 0.15) is 0 Å². The normalized spacial score (nSPS) is 29.1. The van der Waals surface area contributed by atoms with Crippen molar-refractivity contribution in [3.05, 3.63) is 30.3 Å². The van der Waals surface area contributed by atoms with Gasteiger partial charge in [-0.05, 0) is 12.1 Å². The van der Waals surface area contributed by atoms with Gasteiger partial charge in [0.05, 0.1) is 17.1 Å². The number of nitrogens with zero attached hydrogens (tertiary/aromatic N) is 1. The molecule has 2 heterocycles. The number of hydrogen-bond donors (Lipinski definition) is 1. The van der Waals surface area contributed by atoms with Gasteiger partial charge in [0.15, 0.2) is 0 Å². The zero-order valence-corrected chi connectivity index (χ0v) is 10.8. The van der Waals surface area contributed by atoms with Crippen LogP contribution in [0.3, 0.4) is 0 Å². The molecule has 3 rings (SSSR count). The molecule has 2 aliphatic heterocycles. The fourth-order valence-corrected chi connectivity index (χ4v) is 3.98. The Kier molecular flexibility index (Phi) is 3.11. The van der Waals surface area contributed by atoms with Crippen molar-refractivity contribution in [3.63, 3.8) is 0 Å². The second-order valence-electron chi connectivity index (χ2n) is 4.67. The van der Waals surface area contributed by atoms with E-state index in [0.717, 1.165) is 13.1 Å². The molecule has 0 amide bonds. The zero-order chi connectivity index (χ0) is 12.6. The van der Waals surface area contributed by atoms with E-state index in [-0.39, 0.29) is 12.2 Å². The summed E-state index contributed by atoms with van der Waals surface area (Å²) in [7, 11) is -3.38. The molecule has 1 aromatic carbocycles. The summed E-state index contributed by atoms with van der Waals surface area (Å²) >= 11 is 0. The molecule has 0 aliphatic carbocycles. The van der Waals surface area contributed by atoms with Crippen molar-refractivity contribution in [1.29, 1.82) is 0 Å². The van der Waals surface area contributed by atoms with Gasteiger partial charge >= 0.3 is 0 Å². The SMILES string of the molecule is O=S(=O)(c1ccccc1)N1CC2CNCC(C1)O2. The van der Waals surface area contributed by atoms with Crippen molar-refractivity contribution in [2.75, 3.05) is 26.2 Å². The van der Waals surface area contributed by atoms with Gasteiger partial charge in [-0.2, -0.15) is 4.31 Å². The largest absolute Gasteiger partial charge is 0.370 e. The average molecular weight is 268 g/mol. The Balaban J connectivity index is 1.86. The predicted octanol–water partition coefficient (Wildman–Crippen LogP) is 0.0479. The number of hydrogen-bond acceptors (Lipinski definition) is 4. The van der Waals surface area contributed by atoms with Crippen LogP contribution in [0.2, 0.25) is 0 Å². The van der Waals surface area contributed by atoms with Crippen molar-refractivity contribution in [2.24, 2.45) is 0 Å². The van der Waals surface area contributed by atoms with Crippen molar-refractivity contribution in [3.8, 4) is 0 Å². The lowest BCUT2D eigenvalue weighted by atomic mass is 10.2. The first-order valence-electron chi connectivity index (χ1n) is 6.07. The number of fused-ring (bicyclic) bond motifs is 2. The zero-order valence-electron chi connectivity index (χ0n) is 9.95. The fraction of sp³-hybridized carbons (Fsp3) is 0.500. The van der Waals surface area contributed by atoms with E-state index in [1.54, 1.807) is 28.6 Å². The molecule has 98 valence electrons. The molecule has 2 atom stereocenters. The number of nitrogens with one attached hydrogen (secondary N) is 1. The molecule has 2 saturated heterocycles. The number of rotatable bonds is 2. The number of ether oxygens (including phenoxy) is 1. The van der Waals surface area contributed by atoms with Gasteiger partial charge in [-0.3, -0.25) is 0 Å². The third-order valence-corrected chi connectivity index (χ3v) is 5.17. The van der Waals surface area contributed by atoms with E-state index in [0.29, 0.717) is 18.0 Å². The minimum Gasteiger partial charge on any atom is -0.370 e. The summed E-state index contributed by atoms with van der Waals surface area (Å²) in [4.78, 5) is 0.359. The lowest BCUT2D eigenvalue weighted by Crippen LogP contribution is -2.59. The molecule has 0 aromatic heterocycles. The minimum absolute atomic E-state index is 0.0315. The van der Waals surface area contributed by atoms with Crippen LogP contribution in [-0.2, 0) is 14.8 Å². The van der Waals surface area contributed by atoms with Gasteiger partial charge in [-0.15, -0.1) is 0 Å². The Morgan fingerprint density at radius 1 is 1.11 bits per heavy atom. The van der Waals surface area contributed by atoms with Gasteiger partial charge in [0, 0.05) is 26.2 Å². The Hall–Kier alpha value is -0.950. The second kappa shape index (κ2) is 4.62. The van der Waals surface area contributed by atoms with Gasteiger partial charge in [0.2, 0.25) is 10.0 Å². The van der Waals surface area contributed by atoms with Gasteiger partial charge in [0.25, 0.3) is 0 Å². The smallest absolute Gasteiger partial charge is 0.243 e. The van der Waals surface area contributed by atoms with Gasteiger partial charge in [-0.25, -0.2) is 8.42 Å². The fourth-order valence-electron chi connectivity index (χ4n) is 2.46. The third-order valence-electron chi connectivity index (χ3n) is 3.32. The maximum Gasteiger partial charge on any atom is 0.243 e. The predicted molar refractivity (Wildman–Crippen MR) is 66.7 cm³/mol. The first-order valence-corrected chi connectivity index (χ1v) is 7.51. The van der Waals surface area contributed by atoms with Crippen LogP contribution in [0.5, 0.6) is 0 Å². The van der Waals surface area contributed by atoms with Crippen LogP contribution >= 0.6 is 0 Å². The summed E-state index contributed by atoms with van der Waals surface area (Å²) in [5.41, 5.74) is 0. The van der Waals surface area contributed by atoms with E-state index in [4.69, 9.17) is 4.74 Å². The van der Waals surface area contributed by atoms with Crippen LogP contribution in [0, 0.1) is 0 Å². The van der Waals surface area contributed by atoms with E-state index in [1.165, 1.54) is 0 Å². The monoisotopic (exact) mass is 268 g/mol. The van der Waals surface area contributed by atoms with E-state index in [9.17, 15) is 8.42 Å². The van der Waals surface area contributed by atoms with E-state index in [1.807, 2.05) is 6.07 Å². The van der Waals surface area contributed by atoms with Crippen LogP contribution in [0.15, 0.2) is 35.2 Å². The highest BCUT2D eigenvalue weighted by atomic mass is 32.2. The summed E-state index contributed by atoms with van der Waals surface area (Å²) in [6.07, 6.45) is -0.0630. The van der Waals surface area contributed by atoms with Crippen molar-refractivity contribution >= 4 is 10.0 Å². The van der Waals surface area contributed by atoms with Crippen molar-refractivity contribution in [1.82, 2.24) is 9.62 Å². The van der Waals surface area contributed by atoms with E-state index in [2.05, 4.69) is 5.32 Å². The Labute approximate surface area is 107 Å². The Morgan fingerprint density at radius 2 is 1.72 bits per heavy atom. The molecule has 5 nitrogen and oxygen atoms in total. The highest BCUT2D eigenvalue weighted by molar-refractivity contribution is 7.89. The van der Waals surface area contributed by atoms with Crippen LogP contribution in [0.25, 0.3) is 0 Å². The van der Waals surface area contributed by atoms with Crippen LogP contribution in [-0.4, -0.2) is 51.1 Å². The van der Waals surface area contributed by atoms with Gasteiger partial charge in [-0.1, -0.05) is 18.2 Å². The van der Waals surface area contributed by atoms with E-state index < -0.39 is 10.0 Å². The maximum atomic E-state index is 12.5. The molecule has 0 spiro atoms. The molecule has 2 aliphatic rings. The first kappa shape index (κ1) is 12.1. The molecule has 6 heteroatoms. The highest BCUT2D eigenvalue weighted by Gasteiger charge is 2.37. The van der Waals surface area contributed by atoms with Crippen LogP contribution in [0.4, 0.5) is 0 Å². The second-order valence-corrected chi connectivity index (χ2v) is 6.61. The molecule has 1 N–H and O–H groups in total. The molecule has 2 unspecified atom stereocenters. The summed E-state index contributed by atoms with van der Waals surface area (Å²) in [6.45, 7) is 2.30. The Bertz CT molecular complexity index is 505. The average Bonchev–Trinajstić information content (AvgIpc) is 2.39. The summed E-state index contributed by atoms with van der Waals surface area (Å²) in [6, 6.07) is 8.58. The molecular weight excluding hydrogens is 252 g/mol. The molecule has 2 bridgehead atoms. The molecule has 18 heavy (non-hydrogen) atoms. The van der Waals surface area contributed by atoms with Crippen molar-refractivity contribution in [2.45, 2.75) is 17.1 Å². The quantitative estimate of drug-likeness (QED) is 0.823. The number of morpholine rings is 2. The summed E-state index contributed by atoms with van der Waals surface area (Å²) < 4.78 is 32.2. The van der Waals surface area contributed by atoms with E-state index >= 15 is 0 Å².